The van der Waals surface area contributed by atoms with Gasteiger partial charge in [0.1, 0.15) is 11.2 Å². The molecule has 0 aliphatic heterocycles. The van der Waals surface area contributed by atoms with Crippen molar-refractivity contribution in [2.24, 2.45) is 11.3 Å². The first-order valence-corrected chi connectivity index (χ1v) is 6.30. The lowest BCUT2D eigenvalue weighted by Gasteiger charge is -2.29. The molecule has 3 heteroatoms. The first kappa shape index (κ1) is 13.2. The first-order valence-electron chi connectivity index (χ1n) is 6.30. The molecule has 0 saturated heterocycles. The van der Waals surface area contributed by atoms with Crippen LogP contribution in [0.2, 0.25) is 0 Å². The van der Waals surface area contributed by atoms with Crippen LogP contribution in [-0.4, -0.2) is 18.4 Å². The van der Waals surface area contributed by atoms with Gasteiger partial charge in [0, 0.05) is 6.42 Å². The summed E-state index contributed by atoms with van der Waals surface area (Å²) in [6.45, 7) is 6.11. The smallest absolute Gasteiger partial charge is 0.319 e. The highest BCUT2D eigenvalue weighted by atomic mass is 16.5. The second kappa shape index (κ2) is 5.46. The topological polar surface area (TPSA) is 43.4 Å². The van der Waals surface area contributed by atoms with Gasteiger partial charge in [-0.25, -0.2) is 0 Å². The Bertz CT molecular complexity index is 252. The molecule has 92 valence electrons. The minimum atomic E-state index is -0.827. The first-order chi connectivity index (χ1) is 7.59. The molecule has 2 atom stereocenters. The SMILES string of the molecule is CCCC(=O)C1(C(=O)OCC)CCCC1C. The van der Waals surface area contributed by atoms with Gasteiger partial charge in [-0.1, -0.05) is 20.3 Å². The van der Waals surface area contributed by atoms with E-state index in [2.05, 4.69) is 0 Å². The molecule has 0 amide bonds. The number of hydrogen-bond donors (Lipinski definition) is 0. The monoisotopic (exact) mass is 226 g/mol. The highest BCUT2D eigenvalue weighted by molar-refractivity contribution is 6.04. The summed E-state index contributed by atoms with van der Waals surface area (Å²) in [5.41, 5.74) is -0.827. The molecular weight excluding hydrogens is 204 g/mol. The standard InChI is InChI=1S/C13H22O3/c1-4-7-11(14)13(12(15)16-5-2)9-6-8-10(13)3/h10H,4-9H2,1-3H3. The summed E-state index contributed by atoms with van der Waals surface area (Å²) in [6.07, 6.45) is 3.87. The number of rotatable bonds is 5. The van der Waals surface area contributed by atoms with Crippen molar-refractivity contribution >= 4 is 11.8 Å². The van der Waals surface area contributed by atoms with E-state index < -0.39 is 5.41 Å². The molecule has 0 radical (unpaired) electrons. The molecule has 0 aromatic heterocycles. The normalized spacial score (nSPS) is 29.1. The number of carbonyl (C=O) groups is 2. The fraction of sp³-hybridized carbons (Fsp3) is 0.846. The van der Waals surface area contributed by atoms with E-state index in [-0.39, 0.29) is 17.7 Å². The molecule has 3 nitrogen and oxygen atoms in total. The molecule has 1 fully saturated rings. The maximum atomic E-state index is 12.2. The van der Waals surface area contributed by atoms with Gasteiger partial charge in [0.25, 0.3) is 0 Å². The molecule has 2 unspecified atom stereocenters. The van der Waals surface area contributed by atoms with Crippen LogP contribution in [0.1, 0.15) is 52.9 Å². The molecule has 1 aliphatic carbocycles. The molecule has 1 aliphatic rings. The van der Waals surface area contributed by atoms with E-state index in [1.54, 1.807) is 6.92 Å². The van der Waals surface area contributed by atoms with Gasteiger partial charge in [0.05, 0.1) is 6.61 Å². The van der Waals surface area contributed by atoms with Crippen molar-refractivity contribution < 1.29 is 14.3 Å². The molecule has 0 bridgehead atoms. The maximum absolute atomic E-state index is 12.2. The second-order valence-corrected chi connectivity index (χ2v) is 4.66. The number of ketones is 1. The molecule has 16 heavy (non-hydrogen) atoms. The zero-order valence-electron chi connectivity index (χ0n) is 10.5. The van der Waals surface area contributed by atoms with Crippen LogP contribution in [0.4, 0.5) is 0 Å². The quantitative estimate of drug-likeness (QED) is 0.534. The third-order valence-corrected chi connectivity index (χ3v) is 3.66. The van der Waals surface area contributed by atoms with Gasteiger partial charge < -0.3 is 4.74 Å². The lowest BCUT2D eigenvalue weighted by Crippen LogP contribution is -2.42. The lowest BCUT2D eigenvalue weighted by atomic mass is 9.73. The van der Waals surface area contributed by atoms with Crippen LogP contribution in [-0.2, 0) is 14.3 Å². The number of esters is 1. The van der Waals surface area contributed by atoms with E-state index in [9.17, 15) is 9.59 Å². The Morgan fingerprint density at radius 2 is 2.06 bits per heavy atom. The third-order valence-electron chi connectivity index (χ3n) is 3.66. The summed E-state index contributed by atoms with van der Waals surface area (Å²) in [6, 6.07) is 0. The van der Waals surface area contributed by atoms with Gasteiger partial charge in [-0.15, -0.1) is 0 Å². The summed E-state index contributed by atoms with van der Waals surface area (Å²) >= 11 is 0. The van der Waals surface area contributed by atoms with Crippen molar-refractivity contribution in [2.45, 2.75) is 52.9 Å². The molecule has 0 spiro atoms. The minimum absolute atomic E-state index is 0.0819. The van der Waals surface area contributed by atoms with E-state index in [1.165, 1.54) is 0 Å². The van der Waals surface area contributed by atoms with Gasteiger partial charge in [-0.05, 0) is 32.1 Å². The Hall–Kier alpha value is -0.860. The fourth-order valence-electron chi connectivity index (χ4n) is 2.72. The molecule has 0 aromatic carbocycles. The van der Waals surface area contributed by atoms with E-state index >= 15 is 0 Å². The lowest BCUT2D eigenvalue weighted by molar-refractivity contribution is -0.162. The molecule has 0 N–H and O–H groups in total. The van der Waals surface area contributed by atoms with Crippen LogP contribution in [0.5, 0.6) is 0 Å². The number of carbonyl (C=O) groups excluding carboxylic acids is 2. The third kappa shape index (κ3) is 2.13. The fourth-order valence-corrected chi connectivity index (χ4v) is 2.72. The summed E-state index contributed by atoms with van der Waals surface area (Å²) in [7, 11) is 0. The predicted molar refractivity (Wildman–Crippen MR) is 62.0 cm³/mol. The molecule has 1 saturated carbocycles. The average molecular weight is 226 g/mol. The number of ether oxygens (including phenoxy) is 1. The number of hydrogen-bond acceptors (Lipinski definition) is 3. The van der Waals surface area contributed by atoms with Gasteiger partial charge in [0.2, 0.25) is 0 Å². The Morgan fingerprint density at radius 3 is 2.50 bits per heavy atom. The Kier molecular flexibility index (Phi) is 4.51. The van der Waals surface area contributed by atoms with Crippen LogP contribution in [0.15, 0.2) is 0 Å². The number of Topliss-reactive ketones (excluding diaryl/α,β-unsaturated/α-hetero) is 1. The van der Waals surface area contributed by atoms with E-state index in [4.69, 9.17) is 4.74 Å². The Balaban J connectivity index is 2.92. The van der Waals surface area contributed by atoms with Gasteiger partial charge in [0.15, 0.2) is 0 Å². The van der Waals surface area contributed by atoms with E-state index in [0.29, 0.717) is 19.4 Å². The second-order valence-electron chi connectivity index (χ2n) is 4.66. The van der Waals surface area contributed by atoms with E-state index in [1.807, 2.05) is 13.8 Å². The molecule has 0 aromatic rings. The molecule has 0 heterocycles. The summed E-state index contributed by atoms with van der Waals surface area (Å²) in [5.74, 6) is -0.0810. The average Bonchev–Trinajstić information content (AvgIpc) is 2.62. The van der Waals surface area contributed by atoms with Crippen molar-refractivity contribution in [3.05, 3.63) is 0 Å². The van der Waals surface area contributed by atoms with Crippen LogP contribution in [0.3, 0.4) is 0 Å². The highest BCUT2D eigenvalue weighted by Crippen LogP contribution is 2.45. The largest absolute Gasteiger partial charge is 0.465 e. The van der Waals surface area contributed by atoms with Crippen LogP contribution < -0.4 is 0 Å². The maximum Gasteiger partial charge on any atom is 0.319 e. The van der Waals surface area contributed by atoms with Crippen LogP contribution in [0, 0.1) is 11.3 Å². The van der Waals surface area contributed by atoms with Gasteiger partial charge in [-0.2, -0.15) is 0 Å². The van der Waals surface area contributed by atoms with Crippen LogP contribution in [0.25, 0.3) is 0 Å². The predicted octanol–water partition coefficient (Wildman–Crippen LogP) is 2.73. The highest BCUT2D eigenvalue weighted by Gasteiger charge is 2.52. The van der Waals surface area contributed by atoms with E-state index in [0.717, 1.165) is 19.3 Å². The van der Waals surface area contributed by atoms with Gasteiger partial charge in [-0.3, -0.25) is 9.59 Å². The molecule has 1 rings (SSSR count). The van der Waals surface area contributed by atoms with Crippen LogP contribution >= 0.6 is 0 Å². The van der Waals surface area contributed by atoms with Gasteiger partial charge >= 0.3 is 5.97 Å². The Labute approximate surface area is 97.5 Å². The zero-order chi connectivity index (χ0) is 12.2. The van der Waals surface area contributed by atoms with Crippen molar-refractivity contribution in [3.63, 3.8) is 0 Å². The summed E-state index contributed by atoms with van der Waals surface area (Å²) < 4.78 is 5.11. The van der Waals surface area contributed by atoms with Crippen molar-refractivity contribution in [3.8, 4) is 0 Å². The zero-order valence-corrected chi connectivity index (χ0v) is 10.5. The minimum Gasteiger partial charge on any atom is -0.465 e. The summed E-state index contributed by atoms with van der Waals surface area (Å²) in [4.78, 5) is 24.2. The van der Waals surface area contributed by atoms with Crippen molar-refractivity contribution in [2.75, 3.05) is 6.61 Å². The van der Waals surface area contributed by atoms with Crippen molar-refractivity contribution in [1.29, 1.82) is 0 Å². The summed E-state index contributed by atoms with van der Waals surface area (Å²) in [5, 5.41) is 0. The Morgan fingerprint density at radius 1 is 1.38 bits per heavy atom. The molecular formula is C13H22O3. The van der Waals surface area contributed by atoms with Crippen molar-refractivity contribution in [1.82, 2.24) is 0 Å².